The molecule has 152 valence electrons. The summed E-state index contributed by atoms with van der Waals surface area (Å²) in [7, 11) is 2.98. The highest BCUT2D eigenvalue weighted by molar-refractivity contribution is 7.89. The van der Waals surface area contributed by atoms with Gasteiger partial charge in [-0.25, -0.2) is 22.7 Å². The van der Waals surface area contributed by atoms with Gasteiger partial charge >= 0.3 is 11.9 Å². The first-order valence-corrected chi connectivity index (χ1v) is 11.6. The van der Waals surface area contributed by atoms with Crippen LogP contribution in [0.4, 0.5) is 0 Å². The lowest BCUT2D eigenvalue weighted by Gasteiger charge is -2.23. The molecule has 0 aromatic heterocycles. The first-order valence-electron chi connectivity index (χ1n) is 8.56. The molecule has 0 bridgehead atoms. The zero-order valence-corrected chi connectivity index (χ0v) is 17.9. The minimum Gasteiger partial charge on any atom is -0.478 e. The number of carboxylic acids is 2. The number of aliphatic carboxylic acids is 2. The quantitative estimate of drug-likeness (QED) is 0.171. The molecule has 0 aliphatic heterocycles. The van der Waals surface area contributed by atoms with Crippen LogP contribution in [-0.4, -0.2) is 80.9 Å². The zero-order chi connectivity index (χ0) is 20.4. The van der Waals surface area contributed by atoms with E-state index < -0.39 is 27.7 Å². The van der Waals surface area contributed by atoms with Gasteiger partial charge in [0.15, 0.2) is 0 Å². The van der Waals surface area contributed by atoms with Gasteiger partial charge in [0.1, 0.15) is 0 Å². The number of rotatable bonds is 14. The Labute approximate surface area is 158 Å². The summed E-state index contributed by atoms with van der Waals surface area (Å²) in [5, 5.41) is 18.5. The van der Waals surface area contributed by atoms with Crippen molar-refractivity contribution in [1.82, 2.24) is 4.72 Å². The first kappa shape index (κ1) is 25.0. The lowest BCUT2D eigenvalue weighted by atomic mass is 10.0. The molecule has 0 heterocycles. The van der Waals surface area contributed by atoms with Crippen molar-refractivity contribution in [2.45, 2.75) is 32.6 Å². The Balaban J connectivity index is 4.76. The summed E-state index contributed by atoms with van der Waals surface area (Å²) in [6.45, 7) is 2.80. The molecule has 0 saturated carbocycles. The molecule has 0 radical (unpaired) electrons. The van der Waals surface area contributed by atoms with Gasteiger partial charge in [0.2, 0.25) is 10.0 Å². The first-order chi connectivity index (χ1) is 11.9. The van der Waals surface area contributed by atoms with Gasteiger partial charge in [-0.05, 0) is 19.3 Å². The number of nitrogens with zero attached hydrogens (tertiary/aromatic N) is 1. The number of carbonyl (C=O) groups is 2. The van der Waals surface area contributed by atoms with E-state index in [-0.39, 0.29) is 24.0 Å². The molecule has 0 aliphatic carbocycles. The lowest BCUT2D eigenvalue weighted by molar-refractivity contribution is -0.867. The van der Waals surface area contributed by atoms with Gasteiger partial charge in [0.05, 0.1) is 33.4 Å². The van der Waals surface area contributed by atoms with Crippen molar-refractivity contribution in [1.29, 1.82) is 0 Å². The van der Waals surface area contributed by atoms with Crippen molar-refractivity contribution in [3.63, 3.8) is 0 Å². The maximum atomic E-state index is 12.1. The molecule has 3 N–H and O–H groups in total. The van der Waals surface area contributed by atoms with Crippen LogP contribution in [0.2, 0.25) is 0 Å². The van der Waals surface area contributed by atoms with Gasteiger partial charge in [0.25, 0.3) is 0 Å². The largest absolute Gasteiger partial charge is 0.478 e. The van der Waals surface area contributed by atoms with Crippen molar-refractivity contribution in [3.05, 3.63) is 11.1 Å². The Hall–Kier alpha value is -1.02. The summed E-state index contributed by atoms with van der Waals surface area (Å²) in [6, 6.07) is 0. The minimum atomic E-state index is -3.64. The summed E-state index contributed by atoms with van der Waals surface area (Å²) < 4.78 is 27.4. The standard InChI is InChI=1S/C16H31N2O6PS/c1-5-6-7-13(15(19)20)14(16(21)22)8-11-26(23,24)17-12-25-10-9-18(2,3)4/h17,25H,5-12H2,1-4H3,(H-,19,20,21,22)/p+1/b14-13-. The minimum absolute atomic E-state index is 0.118. The Morgan fingerprint density at radius 1 is 1.04 bits per heavy atom. The van der Waals surface area contributed by atoms with Gasteiger partial charge in [-0.2, -0.15) is 0 Å². The SMILES string of the molecule is CCCC/C(C(=O)O)=C(\CCS(=O)(=O)NCPCC[N+](C)(C)C)C(=O)O. The second-order valence-electron chi connectivity index (χ2n) is 7.07. The number of hydrogen-bond acceptors (Lipinski definition) is 4. The van der Waals surface area contributed by atoms with Crippen LogP contribution in [0.3, 0.4) is 0 Å². The zero-order valence-electron chi connectivity index (χ0n) is 16.0. The molecule has 0 aromatic rings. The van der Waals surface area contributed by atoms with E-state index in [9.17, 15) is 28.2 Å². The van der Waals surface area contributed by atoms with Crippen LogP contribution in [0.15, 0.2) is 11.1 Å². The molecule has 1 atom stereocenters. The Bertz CT molecular complexity index is 611. The molecule has 0 rings (SSSR count). The average Bonchev–Trinajstić information content (AvgIpc) is 2.48. The van der Waals surface area contributed by atoms with Gasteiger partial charge < -0.3 is 14.7 Å². The fourth-order valence-corrected chi connectivity index (χ4v) is 5.01. The monoisotopic (exact) mass is 411 g/mol. The van der Waals surface area contributed by atoms with Crippen LogP contribution in [0.1, 0.15) is 32.6 Å². The van der Waals surface area contributed by atoms with E-state index in [1.165, 1.54) is 0 Å². The van der Waals surface area contributed by atoms with E-state index in [2.05, 4.69) is 25.9 Å². The fourth-order valence-electron chi connectivity index (χ4n) is 2.10. The van der Waals surface area contributed by atoms with Crippen molar-refractivity contribution in [3.8, 4) is 0 Å². The van der Waals surface area contributed by atoms with Gasteiger partial charge in [-0.15, -0.1) is 8.58 Å². The molecule has 0 fully saturated rings. The number of hydrogen-bond donors (Lipinski definition) is 3. The van der Waals surface area contributed by atoms with E-state index in [4.69, 9.17) is 0 Å². The third-order valence-corrected chi connectivity index (χ3v) is 6.24. The molecule has 26 heavy (non-hydrogen) atoms. The summed E-state index contributed by atoms with van der Waals surface area (Å²) in [4.78, 5) is 22.7. The molecule has 0 aliphatic rings. The predicted molar refractivity (Wildman–Crippen MR) is 104 cm³/mol. The smallest absolute Gasteiger partial charge is 0.332 e. The highest BCUT2D eigenvalue weighted by Crippen LogP contribution is 2.18. The third-order valence-electron chi connectivity index (χ3n) is 3.66. The molecule has 8 nitrogen and oxygen atoms in total. The van der Waals surface area contributed by atoms with E-state index >= 15 is 0 Å². The Kier molecular flexibility index (Phi) is 11.2. The number of nitrogens with one attached hydrogen (secondary N) is 1. The van der Waals surface area contributed by atoms with Crippen LogP contribution >= 0.6 is 8.58 Å². The molecule has 0 saturated heterocycles. The van der Waals surface area contributed by atoms with Crippen molar-refractivity contribution < 1.29 is 32.7 Å². The topological polar surface area (TPSA) is 121 Å². The number of sulfonamides is 1. The van der Waals surface area contributed by atoms with Crippen LogP contribution in [0.5, 0.6) is 0 Å². The molecular weight excluding hydrogens is 379 g/mol. The second-order valence-corrected chi connectivity index (χ2v) is 10.4. The highest BCUT2D eigenvalue weighted by atomic mass is 32.2. The van der Waals surface area contributed by atoms with Crippen molar-refractivity contribution in [2.24, 2.45) is 0 Å². The van der Waals surface area contributed by atoms with Gasteiger partial charge in [-0.1, -0.05) is 13.3 Å². The molecule has 1 unspecified atom stereocenters. The maximum Gasteiger partial charge on any atom is 0.332 e. The van der Waals surface area contributed by atoms with E-state index in [1.807, 2.05) is 6.92 Å². The van der Waals surface area contributed by atoms with Gasteiger partial charge in [0, 0.05) is 23.6 Å². The van der Waals surface area contributed by atoms with Crippen LogP contribution in [-0.2, 0) is 19.6 Å². The van der Waals surface area contributed by atoms with E-state index in [0.29, 0.717) is 21.3 Å². The highest BCUT2D eigenvalue weighted by Gasteiger charge is 2.22. The van der Waals surface area contributed by atoms with Crippen molar-refractivity contribution >= 4 is 30.5 Å². The number of unbranched alkanes of at least 4 members (excludes halogenated alkanes) is 1. The Morgan fingerprint density at radius 3 is 2.04 bits per heavy atom. The fraction of sp³-hybridized carbons (Fsp3) is 0.750. The average molecular weight is 411 g/mol. The normalized spacial score (nSPS) is 13.8. The van der Waals surface area contributed by atoms with E-state index in [0.717, 1.165) is 23.6 Å². The summed E-state index contributed by atoms with van der Waals surface area (Å²) in [5.74, 6) is -3.11. The molecule has 0 aromatic carbocycles. The summed E-state index contributed by atoms with van der Waals surface area (Å²) >= 11 is 0. The molecule has 0 amide bonds. The Morgan fingerprint density at radius 2 is 1.58 bits per heavy atom. The summed E-state index contributed by atoms with van der Waals surface area (Å²) in [5.41, 5.74) is -0.539. The van der Waals surface area contributed by atoms with Gasteiger partial charge in [-0.3, -0.25) is 0 Å². The van der Waals surface area contributed by atoms with E-state index in [1.54, 1.807) is 0 Å². The molecule has 0 spiro atoms. The van der Waals surface area contributed by atoms with Crippen LogP contribution in [0, 0.1) is 0 Å². The maximum absolute atomic E-state index is 12.1. The van der Waals surface area contributed by atoms with Crippen molar-refractivity contribution in [2.75, 3.05) is 45.9 Å². The molecular formula is C16H32N2O6PS+. The molecule has 10 heteroatoms. The predicted octanol–water partition coefficient (Wildman–Crippen LogP) is 1.29. The lowest BCUT2D eigenvalue weighted by Crippen LogP contribution is -2.36. The summed E-state index contributed by atoms with van der Waals surface area (Å²) in [6.07, 6.45) is 2.27. The number of quaternary nitrogens is 1. The second kappa shape index (κ2) is 11.6. The van der Waals surface area contributed by atoms with Crippen LogP contribution < -0.4 is 4.72 Å². The number of carboxylic acid groups (broad SMARTS) is 2. The van der Waals surface area contributed by atoms with Crippen LogP contribution in [0.25, 0.3) is 0 Å². The third kappa shape index (κ3) is 11.6.